The summed E-state index contributed by atoms with van der Waals surface area (Å²) in [6.07, 6.45) is 0.849. The minimum absolute atomic E-state index is 0.193. The number of hydrogen-bond acceptors (Lipinski definition) is 3. The Balaban J connectivity index is 2.40. The van der Waals surface area contributed by atoms with Gasteiger partial charge in [-0.1, -0.05) is 12.1 Å². The number of benzene rings is 1. The number of carboxylic acid groups (broad SMARTS) is 1. The summed E-state index contributed by atoms with van der Waals surface area (Å²) >= 11 is 0. The second-order valence-corrected chi connectivity index (χ2v) is 3.95. The lowest BCUT2D eigenvalue weighted by Gasteiger charge is -2.14. The Morgan fingerprint density at radius 1 is 1.53 bits per heavy atom. The molecule has 1 rings (SSSR count). The molecule has 0 aliphatic rings. The first-order chi connectivity index (χ1) is 8.13. The zero-order valence-corrected chi connectivity index (χ0v) is 10.3. The van der Waals surface area contributed by atoms with Crippen molar-refractivity contribution in [2.45, 2.75) is 25.8 Å². The van der Waals surface area contributed by atoms with Crippen LogP contribution in [0.1, 0.15) is 31.4 Å². The molecule has 4 nitrogen and oxygen atoms in total. The molecule has 1 aromatic carbocycles. The van der Waals surface area contributed by atoms with Crippen LogP contribution in [0.5, 0.6) is 5.75 Å². The summed E-state index contributed by atoms with van der Waals surface area (Å²) in [6, 6.07) is 8.05. The molecule has 1 aromatic rings. The number of methoxy groups -OCH3 is 1. The summed E-state index contributed by atoms with van der Waals surface area (Å²) in [5.41, 5.74) is 1.14. The molecule has 94 valence electrons. The average molecular weight is 237 g/mol. The van der Waals surface area contributed by atoms with E-state index in [9.17, 15) is 4.79 Å². The van der Waals surface area contributed by atoms with Gasteiger partial charge < -0.3 is 15.2 Å². The number of carbonyl (C=O) groups is 1. The van der Waals surface area contributed by atoms with Crippen LogP contribution in [0.15, 0.2) is 24.3 Å². The van der Waals surface area contributed by atoms with E-state index in [1.165, 1.54) is 0 Å². The van der Waals surface area contributed by atoms with Gasteiger partial charge in [0, 0.05) is 12.5 Å². The minimum Gasteiger partial charge on any atom is -0.497 e. The molecule has 0 spiro atoms. The molecule has 4 heteroatoms. The largest absolute Gasteiger partial charge is 0.497 e. The van der Waals surface area contributed by atoms with Crippen molar-refractivity contribution < 1.29 is 14.6 Å². The molecule has 1 atom stereocenters. The van der Waals surface area contributed by atoms with Gasteiger partial charge in [0.2, 0.25) is 0 Å². The highest BCUT2D eigenvalue weighted by Crippen LogP contribution is 2.18. The Kier molecular flexibility index (Phi) is 5.49. The van der Waals surface area contributed by atoms with Crippen molar-refractivity contribution in [3.63, 3.8) is 0 Å². The number of ether oxygens (including phenoxy) is 1. The lowest BCUT2D eigenvalue weighted by atomic mass is 10.1. The zero-order chi connectivity index (χ0) is 12.7. The average Bonchev–Trinajstić information content (AvgIpc) is 2.34. The predicted molar refractivity (Wildman–Crippen MR) is 66.3 cm³/mol. The number of carboxylic acids is 1. The number of hydrogen-bond donors (Lipinski definition) is 2. The van der Waals surface area contributed by atoms with Crippen molar-refractivity contribution >= 4 is 5.97 Å². The molecule has 0 saturated carbocycles. The molecule has 2 N–H and O–H groups in total. The van der Waals surface area contributed by atoms with E-state index in [-0.39, 0.29) is 12.5 Å². The molecular weight excluding hydrogens is 218 g/mol. The Morgan fingerprint density at radius 2 is 2.29 bits per heavy atom. The highest BCUT2D eigenvalue weighted by molar-refractivity contribution is 5.66. The quantitative estimate of drug-likeness (QED) is 0.714. The fraction of sp³-hybridized carbons (Fsp3) is 0.462. The van der Waals surface area contributed by atoms with Crippen molar-refractivity contribution in [1.82, 2.24) is 5.32 Å². The molecule has 0 amide bonds. The maximum Gasteiger partial charge on any atom is 0.303 e. The zero-order valence-electron chi connectivity index (χ0n) is 10.3. The Hall–Kier alpha value is -1.55. The van der Waals surface area contributed by atoms with Gasteiger partial charge in [-0.05, 0) is 37.6 Å². The number of nitrogens with one attached hydrogen (secondary N) is 1. The Morgan fingerprint density at radius 3 is 2.94 bits per heavy atom. The third kappa shape index (κ3) is 4.87. The maximum atomic E-state index is 10.4. The SMILES string of the molecule is COc1cccc([C@H](C)NCCCC(=O)O)c1. The van der Waals surface area contributed by atoms with Gasteiger partial charge in [-0.15, -0.1) is 0 Å². The second-order valence-electron chi connectivity index (χ2n) is 3.95. The van der Waals surface area contributed by atoms with Gasteiger partial charge in [0.25, 0.3) is 0 Å². The monoisotopic (exact) mass is 237 g/mol. The van der Waals surface area contributed by atoms with Crippen LogP contribution in [-0.4, -0.2) is 24.7 Å². The summed E-state index contributed by atoms with van der Waals surface area (Å²) in [7, 11) is 1.64. The van der Waals surface area contributed by atoms with Gasteiger partial charge in [-0.2, -0.15) is 0 Å². The first-order valence-corrected chi connectivity index (χ1v) is 5.72. The maximum absolute atomic E-state index is 10.4. The van der Waals surface area contributed by atoms with Gasteiger partial charge in [-0.3, -0.25) is 4.79 Å². The second kappa shape index (κ2) is 6.91. The molecule has 17 heavy (non-hydrogen) atoms. The Labute approximate surface area is 102 Å². The lowest BCUT2D eigenvalue weighted by Crippen LogP contribution is -2.20. The fourth-order valence-corrected chi connectivity index (χ4v) is 1.59. The normalized spacial score (nSPS) is 12.1. The smallest absolute Gasteiger partial charge is 0.303 e. The van der Waals surface area contributed by atoms with E-state index in [1.54, 1.807) is 7.11 Å². The molecule has 0 unspecified atom stereocenters. The van der Waals surface area contributed by atoms with E-state index in [4.69, 9.17) is 9.84 Å². The van der Waals surface area contributed by atoms with Crippen LogP contribution in [0.2, 0.25) is 0 Å². The van der Waals surface area contributed by atoms with Crippen LogP contribution in [-0.2, 0) is 4.79 Å². The summed E-state index contributed by atoms with van der Waals surface area (Å²) < 4.78 is 5.16. The molecule has 0 fully saturated rings. The van der Waals surface area contributed by atoms with Crippen LogP contribution >= 0.6 is 0 Å². The lowest BCUT2D eigenvalue weighted by molar-refractivity contribution is -0.137. The molecule has 0 radical (unpaired) electrons. The summed E-state index contributed by atoms with van der Waals surface area (Å²) in [4.78, 5) is 10.4. The van der Waals surface area contributed by atoms with Crippen molar-refractivity contribution in [2.75, 3.05) is 13.7 Å². The van der Waals surface area contributed by atoms with Gasteiger partial charge in [-0.25, -0.2) is 0 Å². The van der Waals surface area contributed by atoms with Crippen LogP contribution in [0.4, 0.5) is 0 Å². The topological polar surface area (TPSA) is 58.6 Å². The van der Waals surface area contributed by atoms with Gasteiger partial charge in [0.1, 0.15) is 5.75 Å². The Bertz CT molecular complexity index is 365. The molecule has 0 saturated heterocycles. The van der Waals surface area contributed by atoms with Crippen molar-refractivity contribution in [3.8, 4) is 5.75 Å². The minimum atomic E-state index is -0.749. The van der Waals surface area contributed by atoms with Crippen LogP contribution in [0, 0.1) is 0 Å². The van der Waals surface area contributed by atoms with Gasteiger partial charge in [0.05, 0.1) is 7.11 Å². The van der Waals surface area contributed by atoms with E-state index in [0.717, 1.165) is 11.3 Å². The van der Waals surface area contributed by atoms with Crippen molar-refractivity contribution in [2.24, 2.45) is 0 Å². The fourth-order valence-electron chi connectivity index (χ4n) is 1.59. The molecule has 0 bridgehead atoms. The highest BCUT2D eigenvalue weighted by atomic mass is 16.5. The molecular formula is C13H19NO3. The standard InChI is InChI=1S/C13H19NO3/c1-10(14-8-4-7-13(15)16)11-5-3-6-12(9-11)17-2/h3,5-6,9-10,14H,4,7-8H2,1-2H3,(H,15,16)/t10-/m0/s1. The first-order valence-electron chi connectivity index (χ1n) is 5.72. The van der Waals surface area contributed by atoms with E-state index >= 15 is 0 Å². The van der Waals surface area contributed by atoms with Crippen LogP contribution < -0.4 is 10.1 Å². The van der Waals surface area contributed by atoms with Crippen LogP contribution in [0.25, 0.3) is 0 Å². The van der Waals surface area contributed by atoms with Gasteiger partial charge >= 0.3 is 5.97 Å². The highest BCUT2D eigenvalue weighted by Gasteiger charge is 2.05. The molecule has 0 aliphatic carbocycles. The summed E-state index contributed by atoms with van der Waals surface area (Å²) in [5.74, 6) is 0.0857. The van der Waals surface area contributed by atoms with Gasteiger partial charge in [0.15, 0.2) is 0 Å². The molecule has 0 aromatic heterocycles. The van der Waals surface area contributed by atoms with E-state index in [2.05, 4.69) is 12.2 Å². The van der Waals surface area contributed by atoms with Crippen LogP contribution in [0.3, 0.4) is 0 Å². The van der Waals surface area contributed by atoms with E-state index < -0.39 is 5.97 Å². The van der Waals surface area contributed by atoms with E-state index in [1.807, 2.05) is 24.3 Å². The van der Waals surface area contributed by atoms with E-state index in [0.29, 0.717) is 13.0 Å². The predicted octanol–water partition coefficient (Wildman–Crippen LogP) is 2.21. The molecule has 0 aliphatic heterocycles. The third-order valence-electron chi connectivity index (χ3n) is 2.61. The molecule has 0 heterocycles. The number of rotatable bonds is 7. The van der Waals surface area contributed by atoms with Crippen molar-refractivity contribution in [1.29, 1.82) is 0 Å². The first kappa shape index (κ1) is 13.5. The summed E-state index contributed by atoms with van der Waals surface area (Å²) in [6.45, 7) is 2.75. The number of aliphatic carboxylic acids is 1. The summed E-state index contributed by atoms with van der Waals surface area (Å²) in [5, 5.41) is 11.8. The third-order valence-corrected chi connectivity index (χ3v) is 2.61. The van der Waals surface area contributed by atoms with Crippen molar-refractivity contribution in [3.05, 3.63) is 29.8 Å².